The number of carbonyl (C=O) groups is 2. The number of halogens is 1. The monoisotopic (exact) mass is 420 g/mol. The van der Waals surface area contributed by atoms with Crippen molar-refractivity contribution in [1.29, 1.82) is 0 Å². The highest BCUT2D eigenvalue weighted by molar-refractivity contribution is 5.89. The van der Waals surface area contributed by atoms with Crippen LogP contribution in [0.15, 0.2) is 60.7 Å². The Labute approximate surface area is 180 Å². The van der Waals surface area contributed by atoms with E-state index in [1.165, 1.54) is 12.1 Å². The minimum absolute atomic E-state index is 0.0102. The van der Waals surface area contributed by atoms with E-state index < -0.39 is 0 Å². The quantitative estimate of drug-likeness (QED) is 0.655. The molecule has 1 atom stereocenters. The van der Waals surface area contributed by atoms with E-state index in [-0.39, 0.29) is 23.5 Å². The summed E-state index contributed by atoms with van der Waals surface area (Å²) in [5.41, 5.74) is 1.65. The van der Waals surface area contributed by atoms with Crippen LogP contribution in [0.3, 0.4) is 0 Å². The van der Waals surface area contributed by atoms with Crippen LogP contribution >= 0.6 is 0 Å². The summed E-state index contributed by atoms with van der Waals surface area (Å²) in [5, 5.41) is 5.14. The van der Waals surface area contributed by atoms with Gasteiger partial charge in [0.2, 0.25) is 11.8 Å². The average molecular weight is 420 g/mol. The minimum atomic E-state index is -0.333. The van der Waals surface area contributed by atoms with Crippen LogP contribution in [0, 0.1) is 11.7 Å². The second kappa shape index (κ2) is 9.16. The second-order valence-corrected chi connectivity index (χ2v) is 7.83. The molecular weight excluding hydrogens is 395 g/mol. The summed E-state index contributed by atoms with van der Waals surface area (Å²) >= 11 is 0. The van der Waals surface area contributed by atoms with Crippen LogP contribution in [0.5, 0.6) is 5.75 Å². The Morgan fingerprint density at radius 2 is 2.00 bits per heavy atom. The molecule has 1 aliphatic heterocycles. The molecule has 0 bridgehead atoms. The number of amides is 2. The van der Waals surface area contributed by atoms with Gasteiger partial charge in [0.15, 0.2) is 0 Å². The number of piperidine rings is 1. The molecule has 1 heterocycles. The van der Waals surface area contributed by atoms with Gasteiger partial charge in [-0.1, -0.05) is 42.5 Å². The molecule has 0 unspecified atom stereocenters. The predicted molar refractivity (Wildman–Crippen MR) is 117 cm³/mol. The number of carbonyl (C=O) groups excluding carboxylic acids is 2. The van der Waals surface area contributed by atoms with Gasteiger partial charge in [-0.3, -0.25) is 9.59 Å². The van der Waals surface area contributed by atoms with Gasteiger partial charge in [0.05, 0.1) is 13.0 Å². The Morgan fingerprint density at radius 1 is 1.16 bits per heavy atom. The lowest BCUT2D eigenvalue weighted by Crippen LogP contribution is -2.45. The lowest BCUT2D eigenvalue weighted by molar-refractivity contribution is -0.139. The fourth-order valence-corrected chi connectivity index (χ4v) is 4.15. The van der Waals surface area contributed by atoms with Crippen molar-refractivity contribution in [2.45, 2.75) is 25.9 Å². The standard InChI is InChI=1S/C25H25FN2O3/c1-31-23-11-9-18-6-2-3-8-21(18)22(23)14-27-25(30)19-10-12-24(29)28(16-19)15-17-5-4-7-20(26)13-17/h2-9,11,13,19H,10,12,14-16H2,1H3,(H,27,30)/t19-/m1/s1. The molecule has 31 heavy (non-hydrogen) atoms. The van der Waals surface area contributed by atoms with E-state index in [0.717, 1.165) is 27.6 Å². The first kappa shape index (κ1) is 20.8. The van der Waals surface area contributed by atoms with Crippen molar-refractivity contribution < 1.29 is 18.7 Å². The van der Waals surface area contributed by atoms with Gasteiger partial charge in [-0.05, 0) is 41.0 Å². The highest BCUT2D eigenvalue weighted by atomic mass is 19.1. The Bertz CT molecular complexity index is 1110. The topological polar surface area (TPSA) is 58.6 Å². The van der Waals surface area contributed by atoms with Gasteiger partial charge in [0.25, 0.3) is 0 Å². The molecule has 1 fully saturated rings. The zero-order chi connectivity index (χ0) is 21.8. The van der Waals surface area contributed by atoms with Gasteiger partial charge in [-0.25, -0.2) is 4.39 Å². The van der Waals surface area contributed by atoms with Crippen molar-refractivity contribution in [2.75, 3.05) is 13.7 Å². The van der Waals surface area contributed by atoms with E-state index in [1.807, 2.05) is 36.4 Å². The summed E-state index contributed by atoms with van der Waals surface area (Å²) < 4.78 is 19.0. The molecule has 2 amide bonds. The Kier molecular flexibility index (Phi) is 6.16. The summed E-state index contributed by atoms with van der Waals surface area (Å²) in [6, 6.07) is 18.1. The van der Waals surface area contributed by atoms with E-state index in [0.29, 0.717) is 32.5 Å². The average Bonchev–Trinajstić information content (AvgIpc) is 2.78. The van der Waals surface area contributed by atoms with Crippen molar-refractivity contribution in [2.24, 2.45) is 5.92 Å². The fourth-order valence-electron chi connectivity index (χ4n) is 4.15. The first-order chi connectivity index (χ1) is 15.0. The SMILES string of the molecule is COc1ccc2ccccc2c1CNC(=O)[C@@H]1CCC(=O)N(Cc2cccc(F)c2)C1. The van der Waals surface area contributed by atoms with Crippen LogP contribution in [-0.2, 0) is 22.7 Å². The summed E-state index contributed by atoms with van der Waals surface area (Å²) in [7, 11) is 1.62. The molecule has 0 aromatic heterocycles. The minimum Gasteiger partial charge on any atom is -0.496 e. The number of rotatable bonds is 6. The van der Waals surface area contributed by atoms with Gasteiger partial charge in [-0.15, -0.1) is 0 Å². The third kappa shape index (κ3) is 4.68. The van der Waals surface area contributed by atoms with Crippen molar-refractivity contribution in [1.82, 2.24) is 10.2 Å². The lowest BCUT2D eigenvalue weighted by atomic mass is 9.95. The van der Waals surface area contributed by atoms with Crippen molar-refractivity contribution in [3.8, 4) is 5.75 Å². The lowest BCUT2D eigenvalue weighted by Gasteiger charge is -2.32. The number of ether oxygens (including phenoxy) is 1. The molecule has 0 saturated carbocycles. The number of fused-ring (bicyclic) bond motifs is 1. The number of nitrogens with zero attached hydrogens (tertiary/aromatic N) is 1. The highest BCUT2D eigenvalue weighted by Crippen LogP contribution is 2.28. The third-order valence-corrected chi connectivity index (χ3v) is 5.79. The Hall–Kier alpha value is -3.41. The van der Waals surface area contributed by atoms with Crippen LogP contribution in [0.4, 0.5) is 4.39 Å². The van der Waals surface area contributed by atoms with E-state index in [2.05, 4.69) is 5.32 Å². The van der Waals surface area contributed by atoms with Crippen LogP contribution in [0.2, 0.25) is 0 Å². The smallest absolute Gasteiger partial charge is 0.225 e. The summed E-state index contributed by atoms with van der Waals surface area (Å²) in [4.78, 5) is 26.9. The summed E-state index contributed by atoms with van der Waals surface area (Å²) in [6.45, 7) is 0.975. The van der Waals surface area contributed by atoms with Crippen LogP contribution in [0.1, 0.15) is 24.0 Å². The van der Waals surface area contributed by atoms with E-state index in [9.17, 15) is 14.0 Å². The largest absolute Gasteiger partial charge is 0.496 e. The number of hydrogen-bond acceptors (Lipinski definition) is 3. The van der Waals surface area contributed by atoms with Crippen LogP contribution in [0.25, 0.3) is 10.8 Å². The van der Waals surface area contributed by atoms with Crippen molar-refractivity contribution in [3.63, 3.8) is 0 Å². The van der Waals surface area contributed by atoms with E-state index in [1.54, 1.807) is 24.1 Å². The van der Waals surface area contributed by atoms with E-state index >= 15 is 0 Å². The van der Waals surface area contributed by atoms with Gasteiger partial charge < -0.3 is 15.0 Å². The van der Waals surface area contributed by atoms with Gasteiger partial charge in [0.1, 0.15) is 11.6 Å². The summed E-state index contributed by atoms with van der Waals surface area (Å²) in [6.07, 6.45) is 0.821. The van der Waals surface area contributed by atoms with Gasteiger partial charge in [0, 0.05) is 31.6 Å². The molecule has 4 rings (SSSR count). The first-order valence-corrected chi connectivity index (χ1v) is 10.4. The van der Waals surface area contributed by atoms with Gasteiger partial charge in [-0.2, -0.15) is 0 Å². The molecule has 5 nitrogen and oxygen atoms in total. The molecule has 3 aromatic carbocycles. The van der Waals surface area contributed by atoms with Crippen molar-refractivity contribution >= 4 is 22.6 Å². The number of benzene rings is 3. The molecule has 1 saturated heterocycles. The number of likely N-dealkylation sites (tertiary alicyclic amines) is 1. The molecule has 0 radical (unpaired) electrons. The normalized spacial score (nSPS) is 16.4. The van der Waals surface area contributed by atoms with E-state index in [4.69, 9.17) is 4.74 Å². The maximum Gasteiger partial charge on any atom is 0.225 e. The number of methoxy groups -OCH3 is 1. The zero-order valence-corrected chi connectivity index (χ0v) is 17.4. The maximum absolute atomic E-state index is 13.5. The molecule has 1 N–H and O–H groups in total. The maximum atomic E-state index is 13.5. The first-order valence-electron chi connectivity index (χ1n) is 10.4. The molecule has 1 aliphatic rings. The predicted octanol–water partition coefficient (Wildman–Crippen LogP) is 4.04. The molecule has 6 heteroatoms. The number of nitrogens with one attached hydrogen (secondary N) is 1. The molecule has 0 aliphatic carbocycles. The zero-order valence-electron chi connectivity index (χ0n) is 17.4. The van der Waals surface area contributed by atoms with Crippen LogP contribution in [-0.4, -0.2) is 30.4 Å². The molecular formula is C25H25FN2O3. The second-order valence-electron chi connectivity index (χ2n) is 7.83. The van der Waals surface area contributed by atoms with Crippen LogP contribution < -0.4 is 10.1 Å². The fraction of sp³-hybridized carbons (Fsp3) is 0.280. The van der Waals surface area contributed by atoms with Gasteiger partial charge >= 0.3 is 0 Å². The summed E-state index contributed by atoms with van der Waals surface area (Å²) in [5.74, 6) is -0.00571. The molecule has 3 aromatic rings. The van der Waals surface area contributed by atoms with Crippen molar-refractivity contribution in [3.05, 3.63) is 77.6 Å². The number of hydrogen-bond donors (Lipinski definition) is 1. The third-order valence-electron chi connectivity index (χ3n) is 5.79. The molecule has 0 spiro atoms. The Balaban J connectivity index is 1.44. The highest BCUT2D eigenvalue weighted by Gasteiger charge is 2.30. The Morgan fingerprint density at radius 3 is 2.81 bits per heavy atom. The molecule has 160 valence electrons.